The maximum absolute atomic E-state index is 13.6. The molecule has 0 fully saturated rings. The van der Waals surface area contributed by atoms with Crippen molar-refractivity contribution in [2.24, 2.45) is 0 Å². The van der Waals surface area contributed by atoms with E-state index in [1.165, 1.54) is 16.5 Å². The van der Waals surface area contributed by atoms with E-state index in [9.17, 15) is 9.59 Å². The van der Waals surface area contributed by atoms with E-state index in [-0.39, 0.29) is 24.4 Å². The average molecular weight is 468 g/mol. The fourth-order valence-electron chi connectivity index (χ4n) is 4.28. The molecule has 0 bridgehead atoms. The number of benzene rings is 3. The largest absolute Gasteiger partial charge is 0.361 e. The number of nitrogens with one attached hydrogen (secondary N) is 1. The van der Waals surface area contributed by atoms with Gasteiger partial charge < -0.3 is 14.8 Å². The standard InChI is InChI=1S/C30H33N3O2/c1-22(2)33(30(35)25-9-5-4-6-10-25)21-29(34)32(20-24-15-13-23(3)14-16-24)18-17-26-19-31-28-12-8-7-11-27(26)28/h4-16,19,22,31H,17-18,20-21H2,1-3H3. The van der Waals surface area contributed by atoms with Gasteiger partial charge in [0.1, 0.15) is 6.54 Å². The molecule has 0 radical (unpaired) electrons. The fraction of sp³-hybridized carbons (Fsp3) is 0.267. The minimum atomic E-state index is -0.124. The summed E-state index contributed by atoms with van der Waals surface area (Å²) in [7, 11) is 0. The maximum atomic E-state index is 13.6. The summed E-state index contributed by atoms with van der Waals surface area (Å²) in [6, 6.07) is 25.5. The van der Waals surface area contributed by atoms with Crippen LogP contribution >= 0.6 is 0 Å². The van der Waals surface area contributed by atoms with Crippen LogP contribution in [0, 0.1) is 6.92 Å². The zero-order chi connectivity index (χ0) is 24.8. The van der Waals surface area contributed by atoms with Crippen molar-refractivity contribution >= 4 is 22.7 Å². The van der Waals surface area contributed by atoms with Crippen LogP contribution in [-0.4, -0.2) is 45.7 Å². The second-order valence-corrected chi connectivity index (χ2v) is 9.30. The normalized spacial score (nSPS) is 11.1. The molecule has 2 amide bonds. The summed E-state index contributed by atoms with van der Waals surface area (Å²) < 4.78 is 0. The number of hydrogen-bond donors (Lipinski definition) is 1. The van der Waals surface area contributed by atoms with Gasteiger partial charge in [0.2, 0.25) is 5.91 Å². The lowest BCUT2D eigenvalue weighted by molar-refractivity contribution is -0.132. The highest BCUT2D eigenvalue weighted by molar-refractivity contribution is 5.96. The molecule has 0 atom stereocenters. The lowest BCUT2D eigenvalue weighted by Gasteiger charge is -2.30. The van der Waals surface area contributed by atoms with Gasteiger partial charge >= 0.3 is 0 Å². The Morgan fingerprint density at radius 3 is 2.29 bits per heavy atom. The zero-order valence-electron chi connectivity index (χ0n) is 20.7. The van der Waals surface area contributed by atoms with E-state index in [4.69, 9.17) is 0 Å². The van der Waals surface area contributed by atoms with E-state index in [1.807, 2.05) is 55.3 Å². The Labute approximate surface area is 207 Å². The van der Waals surface area contributed by atoms with Crippen LogP contribution in [0.1, 0.15) is 40.9 Å². The van der Waals surface area contributed by atoms with Crippen LogP contribution in [0.25, 0.3) is 10.9 Å². The maximum Gasteiger partial charge on any atom is 0.254 e. The summed E-state index contributed by atoms with van der Waals surface area (Å²) in [5.74, 6) is -0.177. The molecule has 5 nitrogen and oxygen atoms in total. The fourth-order valence-corrected chi connectivity index (χ4v) is 4.28. The van der Waals surface area contributed by atoms with Gasteiger partial charge in [0.05, 0.1) is 0 Å². The highest BCUT2D eigenvalue weighted by Crippen LogP contribution is 2.19. The van der Waals surface area contributed by atoms with Crippen LogP contribution in [-0.2, 0) is 17.8 Å². The SMILES string of the molecule is Cc1ccc(CN(CCc2c[nH]c3ccccc23)C(=O)CN(C(=O)c2ccccc2)C(C)C)cc1. The van der Waals surface area contributed by atoms with Crippen molar-refractivity contribution in [2.75, 3.05) is 13.1 Å². The van der Waals surface area contributed by atoms with Gasteiger partial charge in [-0.1, -0.05) is 66.2 Å². The predicted octanol–water partition coefficient (Wildman–Crippen LogP) is 5.60. The van der Waals surface area contributed by atoms with E-state index in [0.29, 0.717) is 18.7 Å². The number of aromatic nitrogens is 1. The molecule has 1 aromatic heterocycles. The van der Waals surface area contributed by atoms with Crippen LogP contribution in [0.2, 0.25) is 0 Å². The van der Waals surface area contributed by atoms with Gasteiger partial charge in [-0.3, -0.25) is 9.59 Å². The number of carbonyl (C=O) groups is 2. The minimum Gasteiger partial charge on any atom is -0.361 e. The summed E-state index contributed by atoms with van der Waals surface area (Å²) in [6.45, 7) is 7.08. The van der Waals surface area contributed by atoms with E-state index >= 15 is 0 Å². The van der Waals surface area contributed by atoms with Crippen molar-refractivity contribution in [1.82, 2.24) is 14.8 Å². The molecular weight excluding hydrogens is 434 g/mol. The minimum absolute atomic E-state index is 0.0468. The molecule has 0 aliphatic carbocycles. The molecule has 3 aromatic carbocycles. The van der Waals surface area contributed by atoms with Crippen molar-refractivity contribution in [1.29, 1.82) is 0 Å². The third kappa shape index (κ3) is 5.99. The Bertz CT molecular complexity index is 1280. The van der Waals surface area contributed by atoms with Gasteiger partial charge in [-0.2, -0.15) is 0 Å². The number of fused-ring (bicyclic) bond motifs is 1. The average Bonchev–Trinajstić information content (AvgIpc) is 3.29. The molecule has 0 spiro atoms. The first-order valence-electron chi connectivity index (χ1n) is 12.2. The Balaban J connectivity index is 1.54. The second kappa shape index (κ2) is 11.0. The highest BCUT2D eigenvalue weighted by Gasteiger charge is 2.24. The Hall–Kier alpha value is -3.86. The molecular formula is C30H33N3O2. The van der Waals surface area contributed by atoms with Crippen LogP contribution in [0.3, 0.4) is 0 Å². The van der Waals surface area contributed by atoms with Gasteiger partial charge in [-0.15, -0.1) is 0 Å². The number of aromatic amines is 1. The smallest absolute Gasteiger partial charge is 0.254 e. The number of carbonyl (C=O) groups excluding carboxylic acids is 2. The molecule has 4 aromatic rings. The molecule has 1 N–H and O–H groups in total. The summed E-state index contributed by atoms with van der Waals surface area (Å²) in [6.07, 6.45) is 2.76. The van der Waals surface area contributed by atoms with Gasteiger partial charge in [0.15, 0.2) is 0 Å². The van der Waals surface area contributed by atoms with Crippen molar-refractivity contribution < 1.29 is 9.59 Å². The highest BCUT2D eigenvalue weighted by atomic mass is 16.2. The van der Waals surface area contributed by atoms with Gasteiger partial charge in [0.25, 0.3) is 5.91 Å². The third-order valence-corrected chi connectivity index (χ3v) is 6.38. The number of aryl methyl sites for hydroxylation is 1. The van der Waals surface area contributed by atoms with Crippen molar-refractivity contribution in [3.8, 4) is 0 Å². The number of para-hydroxylation sites is 1. The van der Waals surface area contributed by atoms with Crippen molar-refractivity contribution in [3.63, 3.8) is 0 Å². The Kier molecular flexibility index (Phi) is 7.66. The molecule has 0 unspecified atom stereocenters. The molecule has 4 rings (SSSR count). The zero-order valence-corrected chi connectivity index (χ0v) is 20.7. The monoisotopic (exact) mass is 467 g/mol. The predicted molar refractivity (Wildman–Crippen MR) is 141 cm³/mol. The summed E-state index contributed by atoms with van der Waals surface area (Å²) >= 11 is 0. The molecule has 0 saturated carbocycles. The van der Waals surface area contributed by atoms with Crippen LogP contribution in [0.5, 0.6) is 0 Å². The summed E-state index contributed by atoms with van der Waals surface area (Å²) in [5, 5.41) is 1.18. The quantitative estimate of drug-likeness (QED) is 0.348. The first kappa shape index (κ1) is 24.3. The van der Waals surface area contributed by atoms with Crippen LogP contribution < -0.4 is 0 Å². The molecule has 5 heteroatoms. The number of H-pyrrole nitrogens is 1. The molecule has 180 valence electrons. The Morgan fingerprint density at radius 1 is 0.886 bits per heavy atom. The van der Waals surface area contributed by atoms with E-state index in [1.54, 1.807) is 17.0 Å². The second-order valence-electron chi connectivity index (χ2n) is 9.30. The number of hydrogen-bond acceptors (Lipinski definition) is 2. The summed E-state index contributed by atoms with van der Waals surface area (Å²) in [4.78, 5) is 33.6. The van der Waals surface area contributed by atoms with Gasteiger partial charge in [-0.05, 0) is 56.5 Å². The molecule has 0 aliphatic heterocycles. The van der Waals surface area contributed by atoms with Crippen molar-refractivity contribution in [2.45, 2.75) is 39.8 Å². The number of nitrogens with zero attached hydrogens (tertiary/aromatic N) is 2. The molecule has 1 heterocycles. The van der Waals surface area contributed by atoms with E-state index < -0.39 is 0 Å². The molecule has 0 saturated heterocycles. The van der Waals surface area contributed by atoms with E-state index in [0.717, 1.165) is 17.5 Å². The first-order valence-corrected chi connectivity index (χ1v) is 12.2. The number of rotatable bonds is 9. The van der Waals surface area contributed by atoms with Crippen molar-refractivity contribution in [3.05, 3.63) is 107 Å². The molecule has 35 heavy (non-hydrogen) atoms. The Morgan fingerprint density at radius 2 is 1.57 bits per heavy atom. The third-order valence-electron chi connectivity index (χ3n) is 6.38. The van der Waals surface area contributed by atoms with Crippen LogP contribution in [0.4, 0.5) is 0 Å². The topological polar surface area (TPSA) is 56.4 Å². The lowest BCUT2D eigenvalue weighted by Crippen LogP contribution is -2.46. The first-order chi connectivity index (χ1) is 16.9. The van der Waals surface area contributed by atoms with E-state index in [2.05, 4.69) is 48.3 Å². The summed E-state index contributed by atoms with van der Waals surface area (Å²) in [5.41, 5.74) is 5.14. The molecule has 0 aliphatic rings. The lowest BCUT2D eigenvalue weighted by atomic mass is 10.1. The van der Waals surface area contributed by atoms with Gasteiger partial charge in [-0.25, -0.2) is 0 Å². The van der Waals surface area contributed by atoms with Gasteiger partial charge in [0, 0.05) is 41.8 Å². The number of amides is 2. The van der Waals surface area contributed by atoms with Crippen LogP contribution in [0.15, 0.2) is 85.1 Å².